The molecular weight excluding hydrogens is 673 g/mol. The fourth-order valence-electron chi connectivity index (χ4n) is 7.07. The van der Waals surface area contributed by atoms with Crippen LogP contribution in [0, 0.1) is 11.8 Å². The Hall–Kier alpha value is -1.59. The number of carbonyl (C=O) groups excluding carboxylic acids is 3. The molecule has 54 heavy (non-hydrogen) atoms. The van der Waals surface area contributed by atoms with E-state index in [1.807, 2.05) is 0 Å². The number of ether oxygens (including phenoxy) is 3. The summed E-state index contributed by atoms with van der Waals surface area (Å²) in [6, 6.07) is 0. The van der Waals surface area contributed by atoms with Gasteiger partial charge in [-0.3, -0.25) is 14.4 Å². The zero-order valence-corrected chi connectivity index (χ0v) is 36.8. The van der Waals surface area contributed by atoms with E-state index in [1.54, 1.807) is 0 Å². The lowest BCUT2D eigenvalue weighted by molar-refractivity contribution is -0.167. The summed E-state index contributed by atoms with van der Waals surface area (Å²) in [5.74, 6) is 0.830. The van der Waals surface area contributed by atoms with Gasteiger partial charge in [-0.2, -0.15) is 0 Å². The smallest absolute Gasteiger partial charge is 0.306 e. The maximum absolute atomic E-state index is 12.7. The van der Waals surface area contributed by atoms with Gasteiger partial charge >= 0.3 is 17.9 Å². The van der Waals surface area contributed by atoms with Crippen molar-refractivity contribution in [1.82, 2.24) is 0 Å². The van der Waals surface area contributed by atoms with E-state index in [4.69, 9.17) is 14.2 Å². The quantitative estimate of drug-likeness (QED) is 0.0350. The Morgan fingerprint density at radius 2 is 0.704 bits per heavy atom. The molecule has 2 atom stereocenters. The molecule has 0 N–H and O–H groups in total. The van der Waals surface area contributed by atoms with E-state index < -0.39 is 6.10 Å². The lowest BCUT2D eigenvalue weighted by atomic mass is 9.99. The van der Waals surface area contributed by atoms with Gasteiger partial charge in [0.2, 0.25) is 0 Å². The molecule has 0 heterocycles. The Morgan fingerprint density at radius 3 is 1.06 bits per heavy atom. The van der Waals surface area contributed by atoms with Crippen LogP contribution >= 0.6 is 0 Å². The molecule has 0 spiro atoms. The highest BCUT2D eigenvalue weighted by molar-refractivity contribution is 5.71. The summed E-state index contributed by atoms with van der Waals surface area (Å²) < 4.78 is 16.7. The molecule has 0 aromatic carbocycles. The topological polar surface area (TPSA) is 78.9 Å². The predicted molar refractivity (Wildman–Crippen MR) is 229 cm³/mol. The monoisotopic (exact) mass is 765 g/mol. The molecule has 0 aliphatic rings. The Kier molecular flexibility index (Phi) is 39.8. The first-order valence-corrected chi connectivity index (χ1v) is 23.8. The number of hydrogen-bond donors (Lipinski definition) is 0. The second-order valence-electron chi connectivity index (χ2n) is 17.1. The molecule has 320 valence electrons. The van der Waals surface area contributed by atoms with Crippen molar-refractivity contribution in [2.75, 3.05) is 13.2 Å². The minimum Gasteiger partial charge on any atom is -0.462 e. The zero-order chi connectivity index (χ0) is 39.7. The Balaban J connectivity index is 4.24. The van der Waals surface area contributed by atoms with E-state index in [0.29, 0.717) is 19.3 Å². The summed E-state index contributed by atoms with van der Waals surface area (Å²) in [6.45, 7) is 11.3. The maximum Gasteiger partial charge on any atom is 0.306 e. The fourth-order valence-corrected chi connectivity index (χ4v) is 7.07. The van der Waals surface area contributed by atoms with Gasteiger partial charge < -0.3 is 14.2 Å². The Labute approximate surface area is 336 Å². The first kappa shape index (κ1) is 52.4. The van der Waals surface area contributed by atoms with Gasteiger partial charge in [-0.15, -0.1) is 0 Å². The summed E-state index contributed by atoms with van der Waals surface area (Å²) >= 11 is 0. The van der Waals surface area contributed by atoms with E-state index in [2.05, 4.69) is 34.6 Å². The molecule has 0 saturated carbocycles. The van der Waals surface area contributed by atoms with Crippen molar-refractivity contribution < 1.29 is 28.6 Å². The molecule has 1 unspecified atom stereocenters. The van der Waals surface area contributed by atoms with E-state index in [1.165, 1.54) is 148 Å². The maximum atomic E-state index is 12.7. The molecule has 0 bridgehead atoms. The molecule has 0 aromatic heterocycles. The molecule has 6 heteroatoms. The van der Waals surface area contributed by atoms with Crippen molar-refractivity contribution >= 4 is 17.9 Å². The number of unbranched alkanes of at least 4 members (excludes halogenated alkanes) is 26. The van der Waals surface area contributed by atoms with E-state index >= 15 is 0 Å². The van der Waals surface area contributed by atoms with Gasteiger partial charge in [0.25, 0.3) is 0 Å². The van der Waals surface area contributed by atoms with Crippen LogP contribution in [0.15, 0.2) is 0 Å². The van der Waals surface area contributed by atoms with Crippen LogP contribution in [0.4, 0.5) is 0 Å². The van der Waals surface area contributed by atoms with Gasteiger partial charge in [0, 0.05) is 19.3 Å². The molecule has 0 aliphatic heterocycles. The third kappa shape index (κ3) is 40.1. The van der Waals surface area contributed by atoms with Crippen LogP contribution in [0.3, 0.4) is 0 Å². The molecule has 0 fully saturated rings. The number of carbonyl (C=O) groups is 3. The fraction of sp³-hybridized carbons (Fsp3) is 0.938. The molecule has 0 aromatic rings. The molecule has 0 amide bonds. The third-order valence-corrected chi connectivity index (χ3v) is 11.1. The first-order valence-electron chi connectivity index (χ1n) is 23.8. The highest BCUT2D eigenvalue weighted by Crippen LogP contribution is 2.17. The lowest BCUT2D eigenvalue weighted by Gasteiger charge is -2.18. The van der Waals surface area contributed by atoms with Crippen LogP contribution in [-0.4, -0.2) is 37.2 Å². The van der Waals surface area contributed by atoms with Gasteiger partial charge in [-0.1, -0.05) is 221 Å². The van der Waals surface area contributed by atoms with Gasteiger partial charge in [0.1, 0.15) is 13.2 Å². The van der Waals surface area contributed by atoms with E-state index in [0.717, 1.165) is 69.6 Å². The summed E-state index contributed by atoms with van der Waals surface area (Å²) in [6.07, 6.45) is 39.5. The molecule has 0 radical (unpaired) electrons. The van der Waals surface area contributed by atoms with Crippen LogP contribution in [0.2, 0.25) is 0 Å². The number of rotatable bonds is 42. The van der Waals surface area contributed by atoms with Crippen molar-refractivity contribution in [3.05, 3.63) is 0 Å². The summed E-state index contributed by atoms with van der Waals surface area (Å²) in [7, 11) is 0. The summed E-state index contributed by atoms with van der Waals surface area (Å²) in [5, 5.41) is 0. The molecule has 0 aliphatic carbocycles. The summed E-state index contributed by atoms with van der Waals surface area (Å²) in [5.41, 5.74) is 0. The van der Waals surface area contributed by atoms with Gasteiger partial charge in [-0.05, 0) is 31.1 Å². The van der Waals surface area contributed by atoms with Crippen LogP contribution < -0.4 is 0 Å². The molecule has 0 rings (SSSR count). The minimum absolute atomic E-state index is 0.0652. The Bertz CT molecular complexity index is 826. The molecule has 0 saturated heterocycles. The molecular formula is C48H92O6. The second-order valence-corrected chi connectivity index (χ2v) is 17.1. The van der Waals surface area contributed by atoms with Gasteiger partial charge in [0.15, 0.2) is 6.10 Å². The van der Waals surface area contributed by atoms with E-state index in [-0.39, 0.29) is 31.1 Å². The minimum atomic E-state index is -0.760. The van der Waals surface area contributed by atoms with Crippen molar-refractivity contribution in [3.63, 3.8) is 0 Å². The lowest BCUT2D eigenvalue weighted by Crippen LogP contribution is -2.30. The van der Waals surface area contributed by atoms with Gasteiger partial charge in [0.05, 0.1) is 0 Å². The second kappa shape index (κ2) is 41.1. The van der Waals surface area contributed by atoms with Crippen molar-refractivity contribution in [2.24, 2.45) is 11.8 Å². The van der Waals surface area contributed by atoms with Gasteiger partial charge in [-0.25, -0.2) is 0 Å². The highest BCUT2D eigenvalue weighted by atomic mass is 16.6. The third-order valence-electron chi connectivity index (χ3n) is 11.1. The SMILES string of the molecule is CCCCCCCCCC(=O)OC[C@@H](COC(=O)CCCCCCCCCCC(C)CC)OC(=O)CCCCCCCCCCCCCCCCC(C)C. The Morgan fingerprint density at radius 1 is 0.389 bits per heavy atom. The van der Waals surface area contributed by atoms with Crippen molar-refractivity contribution in [3.8, 4) is 0 Å². The normalized spacial score (nSPS) is 12.6. The zero-order valence-electron chi connectivity index (χ0n) is 36.8. The number of hydrogen-bond acceptors (Lipinski definition) is 6. The molecule has 6 nitrogen and oxygen atoms in total. The average molecular weight is 765 g/mol. The highest BCUT2D eigenvalue weighted by Gasteiger charge is 2.19. The van der Waals surface area contributed by atoms with Crippen molar-refractivity contribution in [1.29, 1.82) is 0 Å². The van der Waals surface area contributed by atoms with Crippen LogP contribution in [0.1, 0.15) is 259 Å². The van der Waals surface area contributed by atoms with Crippen LogP contribution in [0.5, 0.6) is 0 Å². The predicted octanol–water partition coefficient (Wildman–Crippen LogP) is 15.0. The van der Waals surface area contributed by atoms with E-state index in [9.17, 15) is 14.4 Å². The number of esters is 3. The van der Waals surface area contributed by atoms with Crippen LogP contribution in [-0.2, 0) is 28.6 Å². The summed E-state index contributed by atoms with van der Waals surface area (Å²) in [4.78, 5) is 37.6. The standard InChI is InChI=1S/C48H92O6/c1-6-8-9-10-21-28-33-38-46(49)52-41-45(42-53-47(50)39-34-29-24-20-19-23-27-32-37-44(5)7-2)54-48(51)40-35-30-25-18-16-14-12-11-13-15-17-22-26-31-36-43(3)4/h43-45H,6-42H2,1-5H3/t44?,45-/m0/s1. The van der Waals surface area contributed by atoms with Crippen molar-refractivity contribution in [2.45, 2.75) is 265 Å². The first-order chi connectivity index (χ1) is 26.3. The van der Waals surface area contributed by atoms with Crippen LogP contribution in [0.25, 0.3) is 0 Å². The average Bonchev–Trinajstić information content (AvgIpc) is 3.15. The largest absolute Gasteiger partial charge is 0.462 e.